The van der Waals surface area contributed by atoms with Crippen LogP contribution in [0.15, 0.2) is 0 Å². The van der Waals surface area contributed by atoms with Gasteiger partial charge in [0.15, 0.2) is 0 Å². The Kier molecular flexibility index (Phi) is 5.85. The van der Waals surface area contributed by atoms with Crippen molar-refractivity contribution >= 4 is 11.9 Å². The van der Waals surface area contributed by atoms with E-state index in [0.29, 0.717) is 13.2 Å². The largest absolute Gasteiger partial charge is 0.464 e. The molecule has 5 nitrogen and oxygen atoms in total. The minimum Gasteiger partial charge on any atom is -0.464 e. The highest BCUT2D eigenvalue weighted by atomic mass is 16.5. The highest BCUT2D eigenvalue weighted by Gasteiger charge is 2.24. The van der Waals surface area contributed by atoms with Crippen LogP contribution in [-0.2, 0) is 14.3 Å². The van der Waals surface area contributed by atoms with E-state index in [0.717, 1.165) is 12.8 Å². The Hall–Kier alpha value is -1.10. The predicted molar refractivity (Wildman–Crippen MR) is 59.9 cm³/mol. The van der Waals surface area contributed by atoms with E-state index in [4.69, 9.17) is 4.74 Å². The van der Waals surface area contributed by atoms with Crippen LogP contribution in [0.5, 0.6) is 0 Å². The molecule has 0 saturated carbocycles. The second-order valence-electron chi connectivity index (χ2n) is 3.97. The molecule has 0 aromatic carbocycles. The fourth-order valence-corrected chi connectivity index (χ4v) is 1.54. The molecule has 2 N–H and O–H groups in total. The highest BCUT2D eigenvalue weighted by Crippen LogP contribution is 2.00. The first-order chi connectivity index (χ1) is 7.74. The van der Waals surface area contributed by atoms with Crippen LogP contribution in [0.4, 0.5) is 0 Å². The van der Waals surface area contributed by atoms with Gasteiger partial charge in [0.05, 0.1) is 13.2 Å². The van der Waals surface area contributed by atoms with Gasteiger partial charge in [-0.25, -0.2) is 0 Å². The Morgan fingerprint density at radius 2 is 2.25 bits per heavy atom. The summed E-state index contributed by atoms with van der Waals surface area (Å²) in [5.41, 5.74) is 0. The normalized spacial score (nSPS) is 20.3. The van der Waals surface area contributed by atoms with Gasteiger partial charge in [-0.15, -0.1) is 0 Å². The Morgan fingerprint density at radius 3 is 2.88 bits per heavy atom. The van der Waals surface area contributed by atoms with Crippen molar-refractivity contribution in [3.8, 4) is 0 Å². The zero-order valence-electron chi connectivity index (χ0n) is 9.75. The molecule has 1 amide bonds. The van der Waals surface area contributed by atoms with E-state index >= 15 is 0 Å². The van der Waals surface area contributed by atoms with Crippen molar-refractivity contribution < 1.29 is 14.3 Å². The van der Waals surface area contributed by atoms with Crippen LogP contribution >= 0.6 is 0 Å². The number of nitrogens with one attached hydrogen (secondary N) is 2. The summed E-state index contributed by atoms with van der Waals surface area (Å²) in [5.74, 6) is -0.344. The molecule has 0 bridgehead atoms. The molecular formula is C11H20N2O3. The number of amides is 1. The van der Waals surface area contributed by atoms with E-state index in [1.165, 1.54) is 12.8 Å². The van der Waals surface area contributed by atoms with Crippen molar-refractivity contribution in [2.24, 2.45) is 0 Å². The molecule has 1 unspecified atom stereocenters. The van der Waals surface area contributed by atoms with Crippen molar-refractivity contribution in [1.82, 2.24) is 10.6 Å². The van der Waals surface area contributed by atoms with Crippen molar-refractivity contribution in [2.45, 2.75) is 38.6 Å². The maximum atomic E-state index is 11.5. The van der Waals surface area contributed by atoms with Crippen LogP contribution in [0.25, 0.3) is 0 Å². The zero-order valence-corrected chi connectivity index (χ0v) is 9.75. The summed E-state index contributed by atoms with van der Waals surface area (Å²) < 4.78 is 5.11. The molecule has 1 aliphatic rings. The van der Waals surface area contributed by atoms with Crippen LogP contribution in [0.2, 0.25) is 0 Å². The number of piperazine rings is 1. The topological polar surface area (TPSA) is 67.4 Å². The number of hydrogen-bond donors (Lipinski definition) is 2. The quantitative estimate of drug-likeness (QED) is 0.503. The van der Waals surface area contributed by atoms with E-state index in [1.54, 1.807) is 0 Å². The van der Waals surface area contributed by atoms with Gasteiger partial charge in [0.1, 0.15) is 6.04 Å². The van der Waals surface area contributed by atoms with Crippen LogP contribution < -0.4 is 10.6 Å². The number of carbonyl (C=O) groups excluding carboxylic acids is 2. The van der Waals surface area contributed by atoms with Gasteiger partial charge in [0, 0.05) is 6.54 Å². The molecule has 1 fully saturated rings. The number of esters is 1. The van der Waals surface area contributed by atoms with Gasteiger partial charge in [-0.3, -0.25) is 14.9 Å². The summed E-state index contributed by atoms with van der Waals surface area (Å²) in [6.07, 6.45) is 4.36. The van der Waals surface area contributed by atoms with Crippen LogP contribution in [-0.4, -0.2) is 37.6 Å². The molecule has 1 rings (SSSR count). The lowest BCUT2D eigenvalue weighted by molar-refractivity contribution is -0.147. The van der Waals surface area contributed by atoms with E-state index < -0.39 is 0 Å². The second kappa shape index (κ2) is 7.22. The van der Waals surface area contributed by atoms with Crippen LogP contribution in [0.3, 0.4) is 0 Å². The molecule has 0 aromatic rings. The Balaban J connectivity index is 2.08. The smallest absolute Gasteiger partial charge is 0.324 e. The molecule has 0 spiro atoms. The van der Waals surface area contributed by atoms with Gasteiger partial charge in [0.25, 0.3) is 0 Å². The van der Waals surface area contributed by atoms with Gasteiger partial charge in [-0.05, 0) is 6.42 Å². The zero-order chi connectivity index (χ0) is 11.8. The van der Waals surface area contributed by atoms with Crippen molar-refractivity contribution in [2.75, 3.05) is 19.7 Å². The number of carbonyl (C=O) groups is 2. The third-order valence-corrected chi connectivity index (χ3v) is 2.54. The number of ether oxygens (including phenoxy) is 1. The molecule has 1 aliphatic heterocycles. The van der Waals surface area contributed by atoms with E-state index in [9.17, 15) is 9.59 Å². The molecule has 1 atom stereocenters. The molecule has 16 heavy (non-hydrogen) atoms. The fraction of sp³-hybridized carbons (Fsp3) is 0.818. The average Bonchev–Trinajstić information content (AvgIpc) is 2.29. The van der Waals surface area contributed by atoms with Gasteiger partial charge in [-0.1, -0.05) is 26.2 Å². The van der Waals surface area contributed by atoms with Gasteiger partial charge < -0.3 is 10.1 Å². The first-order valence-electron chi connectivity index (χ1n) is 5.90. The number of hydrogen-bond acceptors (Lipinski definition) is 4. The summed E-state index contributed by atoms with van der Waals surface area (Å²) in [6, 6.07) is -0.385. The molecule has 92 valence electrons. The first kappa shape index (κ1) is 13.0. The lowest BCUT2D eigenvalue weighted by Gasteiger charge is -2.22. The minimum atomic E-state index is -0.385. The summed E-state index contributed by atoms with van der Waals surface area (Å²) in [5, 5.41) is 5.46. The SMILES string of the molecule is CCCCCCOC(=O)C1CNC(=O)CN1. The molecular weight excluding hydrogens is 208 g/mol. The van der Waals surface area contributed by atoms with E-state index in [-0.39, 0.29) is 24.5 Å². The maximum Gasteiger partial charge on any atom is 0.324 e. The van der Waals surface area contributed by atoms with Crippen molar-refractivity contribution in [3.05, 3.63) is 0 Å². The van der Waals surface area contributed by atoms with Gasteiger partial charge in [0.2, 0.25) is 5.91 Å². The van der Waals surface area contributed by atoms with Gasteiger partial charge >= 0.3 is 5.97 Å². The second-order valence-corrected chi connectivity index (χ2v) is 3.97. The summed E-state index contributed by atoms with van der Waals surface area (Å²) in [7, 11) is 0. The monoisotopic (exact) mass is 228 g/mol. The summed E-state index contributed by atoms with van der Waals surface area (Å²) in [6.45, 7) is 3.13. The third kappa shape index (κ3) is 4.61. The standard InChI is InChI=1S/C11H20N2O3/c1-2-3-4-5-6-16-11(15)9-7-13-10(14)8-12-9/h9,12H,2-8H2,1H3,(H,13,14). The third-order valence-electron chi connectivity index (χ3n) is 2.54. The lowest BCUT2D eigenvalue weighted by atomic mass is 10.2. The maximum absolute atomic E-state index is 11.5. The first-order valence-corrected chi connectivity index (χ1v) is 5.90. The average molecular weight is 228 g/mol. The number of unbranched alkanes of at least 4 members (excludes halogenated alkanes) is 3. The molecule has 0 radical (unpaired) electrons. The highest BCUT2D eigenvalue weighted by molar-refractivity contribution is 5.83. The molecule has 1 heterocycles. The van der Waals surface area contributed by atoms with E-state index in [1.807, 2.05) is 0 Å². The lowest BCUT2D eigenvalue weighted by Crippen LogP contribution is -2.55. The summed E-state index contributed by atoms with van der Waals surface area (Å²) >= 11 is 0. The van der Waals surface area contributed by atoms with Crippen molar-refractivity contribution in [1.29, 1.82) is 0 Å². The molecule has 0 aromatic heterocycles. The van der Waals surface area contributed by atoms with Crippen LogP contribution in [0.1, 0.15) is 32.6 Å². The van der Waals surface area contributed by atoms with E-state index in [2.05, 4.69) is 17.6 Å². The van der Waals surface area contributed by atoms with Crippen LogP contribution in [0, 0.1) is 0 Å². The Labute approximate surface area is 95.9 Å². The molecule has 5 heteroatoms. The molecule has 1 saturated heterocycles. The number of rotatable bonds is 6. The summed E-state index contributed by atoms with van der Waals surface area (Å²) in [4.78, 5) is 22.3. The fourth-order valence-electron chi connectivity index (χ4n) is 1.54. The molecule has 0 aliphatic carbocycles. The Bertz CT molecular complexity index is 233. The Morgan fingerprint density at radius 1 is 1.44 bits per heavy atom. The predicted octanol–water partition coefficient (Wildman–Crippen LogP) is 0.198. The van der Waals surface area contributed by atoms with Gasteiger partial charge in [-0.2, -0.15) is 0 Å². The minimum absolute atomic E-state index is 0.0769. The van der Waals surface area contributed by atoms with Crippen molar-refractivity contribution in [3.63, 3.8) is 0 Å².